The summed E-state index contributed by atoms with van der Waals surface area (Å²) in [4.78, 5) is 24.1. The zero-order chi connectivity index (χ0) is 16.8. The van der Waals surface area contributed by atoms with E-state index in [9.17, 15) is 9.59 Å². The van der Waals surface area contributed by atoms with E-state index in [1.807, 2.05) is 13.8 Å². The highest BCUT2D eigenvalue weighted by Gasteiger charge is 2.14. The molecule has 0 aromatic heterocycles. The summed E-state index contributed by atoms with van der Waals surface area (Å²) in [7, 11) is 1.30. The van der Waals surface area contributed by atoms with E-state index in [1.54, 1.807) is 42.5 Å². The van der Waals surface area contributed by atoms with E-state index in [1.165, 1.54) is 7.11 Å². The first kappa shape index (κ1) is 16.5. The van der Waals surface area contributed by atoms with Crippen LogP contribution in [0.1, 0.15) is 33.2 Å². The fourth-order valence-electron chi connectivity index (χ4n) is 2.18. The second-order valence-electron chi connectivity index (χ2n) is 4.90. The number of esters is 1. The number of rotatable bonds is 5. The molecule has 0 aliphatic rings. The van der Waals surface area contributed by atoms with E-state index >= 15 is 0 Å². The molecule has 1 N–H and O–H groups in total. The third-order valence-corrected chi connectivity index (χ3v) is 3.32. The largest absolute Gasteiger partial charge is 0.494 e. The molecule has 5 nitrogen and oxygen atoms in total. The van der Waals surface area contributed by atoms with Crippen molar-refractivity contribution in [3.8, 4) is 5.75 Å². The Kier molecular flexibility index (Phi) is 5.36. The van der Waals surface area contributed by atoms with Crippen LogP contribution >= 0.6 is 0 Å². The summed E-state index contributed by atoms with van der Waals surface area (Å²) in [6, 6.07) is 11.9. The highest BCUT2D eigenvalue weighted by molar-refractivity contribution is 6.08. The summed E-state index contributed by atoms with van der Waals surface area (Å²) in [5.41, 5.74) is 2.09. The number of amides is 1. The second kappa shape index (κ2) is 7.45. The third-order valence-electron chi connectivity index (χ3n) is 3.32. The predicted molar refractivity (Wildman–Crippen MR) is 88.1 cm³/mol. The maximum atomic E-state index is 12.4. The monoisotopic (exact) mass is 313 g/mol. The number of carbonyl (C=O) groups excluding carboxylic acids is 2. The van der Waals surface area contributed by atoms with E-state index in [-0.39, 0.29) is 5.91 Å². The highest BCUT2D eigenvalue weighted by Crippen LogP contribution is 2.21. The normalized spacial score (nSPS) is 10.0. The van der Waals surface area contributed by atoms with Crippen LogP contribution in [0.2, 0.25) is 0 Å². The Morgan fingerprint density at radius 3 is 2.52 bits per heavy atom. The number of anilines is 1. The van der Waals surface area contributed by atoms with Crippen molar-refractivity contribution in [1.29, 1.82) is 0 Å². The first-order valence-corrected chi connectivity index (χ1v) is 7.29. The fraction of sp³-hybridized carbons (Fsp3) is 0.222. The molecule has 0 spiro atoms. The lowest BCUT2D eigenvalue weighted by Gasteiger charge is -2.11. The maximum absolute atomic E-state index is 12.4. The van der Waals surface area contributed by atoms with Crippen molar-refractivity contribution in [3.63, 3.8) is 0 Å². The smallest absolute Gasteiger partial charge is 0.339 e. The van der Waals surface area contributed by atoms with Gasteiger partial charge in [0, 0.05) is 5.56 Å². The van der Waals surface area contributed by atoms with E-state index in [0.717, 1.165) is 11.3 Å². The molecule has 0 bridgehead atoms. The van der Waals surface area contributed by atoms with Crippen LogP contribution in [0, 0.1) is 6.92 Å². The van der Waals surface area contributed by atoms with Crippen molar-refractivity contribution in [2.24, 2.45) is 0 Å². The molecule has 2 aromatic rings. The fourth-order valence-corrected chi connectivity index (χ4v) is 2.18. The molecular weight excluding hydrogens is 294 g/mol. The van der Waals surface area contributed by atoms with Gasteiger partial charge in [0.25, 0.3) is 5.91 Å². The van der Waals surface area contributed by atoms with Gasteiger partial charge in [0.1, 0.15) is 5.75 Å². The van der Waals surface area contributed by atoms with Gasteiger partial charge in [-0.1, -0.05) is 12.1 Å². The molecule has 0 aliphatic heterocycles. The van der Waals surface area contributed by atoms with Gasteiger partial charge in [-0.15, -0.1) is 0 Å². The molecular formula is C18H19NO4. The van der Waals surface area contributed by atoms with Gasteiger partial charge in [-0.2, -0.15) is 0 Å². The Hall–Kier alpha value is -2.82. The predicted octanol–water partition coefficient (Wildman–Crippen LogP) is 3.43. The number of para-hydroxylation sites is 1. The Bertz CT molecular complexity index is 725. The number of benzene rings is 2. The minimum absolute atomic E-state index is 0.299. The zero-order valence-electron chi connectivity index (χ0n) is 13.4. The van der Waals surface area contributed by atoms with Crippen LogP contribution in [-0.4, -0.2) is 25.6 Å². The first-order chi connectivity index (χ1) is 11.1. The number of hydrogen-bond acceptors (Lipinski definition) is 4. The van der Waals surface area contributed by atoms with Crippen molar-refractivity contribution < 1.29 is 19.1 Å². The van der Waals surface area contributed by atoms with Crippen molar-refractivity contribution in [1.82, 2.24) is 0 Å². The van der Waals surface area contributed by atoms with Gasteiger partial charge in [0.15, 0.2) is 0 Å². The molecule has 0 unspecified atom stereocenters. The second-order valence-corrected chi connectivity index (χ2v) is 4.90. The number of hydrogen-bond donors (Lipinski definition) is 1. The minimum Gasteiger partial charge on any atom is -0.494 e. The number of methoxy groups -OCH3 is 1. The van der Waals surface area contributed by atoms with Crippen LogP contribution in [0.3, 0.4) is 0 Å². The van der Waals surface area contributed by atoms with Crippen molar-refractivity contribution in [2.75, 3.05) is 19.0 Å². The molecule has 2 rings (SSSR count). The molecule has 0 atom stereocenters. The van der Waals surface area contributed by atoms with E-state index in [2.05, 4.69) is 5.32 Å². The molecule has 0 heterocycles. The van der Waals surface area contributed by atoms with Crippen molar-refractivity contribution >= 4 is 17.6 Å². The molecule has 2 aromatic carbocycles. The molecule has 0 saturated heterocycles. The molecule has 0 radical (unpaired) electrons. The number of nitrogens with one attached hydrogen (secondary N) is 1. The van der Waals surface area contributed by atoms with Gasteiger partial charge in [-0.3, -0.25) is 4.79 Å². The van der Waals surface area contributed by atoms with Crippen molar-refractivity contribution in [2.45, 2.75) is 13.8 Å². The average molecular weight is 313 g/mol. The van der Waals surface area contributed by atoms with Crippen LogP contribution in [0.5, 0.6) is 5.75 Å². The first-order valence-electron chi connectivity index (χ1n) is 7.29. The molecule has 5 heteroatoms. The van der Waals surface area contributed by atoms with Gasteiger partial charge < -0.3 is 14.8 Å². The third kappa shape index (κ3) is 3.88. The summed E-state index contributed by atoms with van der Waals surface area (Å²) >= 11 is 0. The van der Waals surface area contributed by atoms with E-state index < -0.39 is 5.97 Å². The van der Waals surface area contributed by atoms with Crippen LogP contribution in [0.25, 0.3) is 0 Å². The summed E-state index contributed by atoms with van der Waals surface area (Å²) < 4.78 is 10.2. The van der Waals surface area contributed by atoms with E-state index in [4.69, 9.17) is 9.47 Å². The maximum Gasteiger partial charge on any atom is 0.339 e. The topological polar surface area (TPSA) is 64.6 Å². The van der Waals surface area contributed by atoms with Crippen LogP contribution in [0.15, 0.2) is 42.5 Å². The molecule has 1 amide bonds. The quantitative estimate of drug-likeness (QED) is 0.859. The van der Waals surface area contributed by atoms with Gasteiger partial charge in [-0.05, 0) is 49.7 Å². The average Bonchev–Trinajstić information content (AvgIpc) is 2.56. The van der Waals surface area contributed by atoms with Gasteiger partial charge in [0.2, 0.25) is 0 Å². The number of aryl methyl sites for hydroxylation is 1. The van der Waals surface area contributed by atoms with Crippen LogP contribution in [-0.2, 0) is 4.74 Å². The SMILES string of the molecule is CCOc1ccc(C(=O)Nc2ccccc2C(=O)OC)cc1C. The molecule has 0 fully saturated rings. The molecule has 0 aliphatic carbocycles. The molecule has 120 valence electrons. The van der Waals surface area contributed by atoms with E-state index in [0.29, 0.717) is 23.4 Å². The summed E-state index contributed by atoms with van der Waals surface area (Å²) in [5, 5.41) is 2.74. The van der Waals surface area contributed by atoms with Crippen molar-refractivity contribution in [3.05, 3.63) is 59.2 Å². The lowest BCUT2D eigenvalue weighted by molar-refractivity contribution is 0.0602. The van der Waals surface area contributed by atoms with Crippen LogP contribution < -0.4 is 10.1 Å². The van der Waals surface area contributed by atoms with Crippen LogP contribution in [0.4, 0.5) is 5.69 Å². The highest BCUT2D eigenvalue weighted by atomic mass is 16.5. The lowest BCUT2D eigenvalue weighted by atomic mass is 10.1. The zero-order valence-corrected chi connectivity index (χ0v) is 13.4. The lowest BCUT2D eigenvalue weighted by Crippen LogP contribution is -2.15. The van der Waals surface area contributed by atoms with Gasteiger partial charge >= 0.3 is 5.97 Å². The van der Waals surface area contributed by atoms with Gasteiger partial charge in [-0.25, -0.2) is 4.79 Å². The summed E-state index contributed by atoms with van der Waals surface area (Å²) in [5.74, 6) is -0.0460. The summed E-state index contributed by atoms with van der Waals surface area (Å²) in [6.45, 7) is 4.35. The summed E-state index contributed by atoms with van der Waals surface area (Å²) in [6.07, 6.45) is 0. The Labute approximate surface area is 135 Å². The minimum atomic E-state index is -0.497. The Morgan fingerprint density at radius 2 is 1.87 bits per heavy atom. The molecule has 0 saturated carbocycles. The Balaban J connectivity index is 2.23. The molecule has 23 heavy (non-hydrogen) atoms. The standard InChI is InChI=1S/C18H19NO4/c1-4-23-16-10-9-13(11-12(16)2)17(20)19-15-8-6-5-7-14(15)18(21)22-3/h5-11H,4H2,1-3H3,(H,19,20). The van der Waals surface area contributed by atoms with Gasteiger partial charge in [0.05, 0.1) is 25.0 Å². The number of ether oxygens (including phenoxy) is 2. The Morgan fingerprint density at radius 1 is 1.13 bits per heavy atom. The number of carbonyl (C=O) groups is 2.